The Kier molecular flexibility index (Phi) is 4.67. The lowest BCUT2D eigenvalue weighted by atomic mass is 10.00. The number of amides is 12. The van der Waals surface area contributed by atoms with Crippen molar-refractivity contribution in [3.8, 4) is 0 Å². The maximum Gasteiger partial charge on any atom is 0.237 e. The maximum atomic E-state index is 14.2. The number of carbonyl (C=O) groups is 12. The molecule has 12 atom stereocenters. The Morgan fingerprint density at radius 3 is 0.389 bits per heavy atom. The van der Waals surface area contributed by atoms with Crippen LogP contribution in [0.5, 0.6) is 0 Å². The van der Waals surface area contributed by atoms with E-state index in [1.165, 1.54) is 0 Å². The molecule has 54 heavy (non-hydrogen) atoms. The predicted octanol–water partition coefficient (Wildman–Crippen LogP) is -1.26. The molecule has 6 saturated carbocycles. The molecule has 0 radical (unpaired) electrons. The van der Waals surface area contributed by atoms with E-state index in [9.17, 15) is 57.5 Å². The van der Waals surface area contributed by atoms with Crippen molar-refractivity contribution in [3.63, 3.8) is 0 Å². The molecular weight excluding hydrogens is 708 g/mol. The summed E-state index contributed by atoms with van der Waals surface area (Å²) in [5, 5.41) is 0. The molecule has 12 fully saturated rings. The normalized spacial score (nSPS) is 41.1. The monoisotopic (exact) mass is 732 g/mol. The predicted molar refractivity (Wildman–Crippen MR) is 171 cm³/mol. The zero-order valence-electron chi connectivity index (χ0n) is 27.8. The lowest BCUT2D eigenvalue weighted by molar-refractivity contribution is -0.126. The third-order valence-electron chi connectivity index (χ3n) is 13.9. The number of nitrogens with zero attached hydrogens (tertiary/aromatic N) is 6. The molecule has 0 bridgehead atoms. The van der Waals surface area contributed by atoms with Gasteiger partial charge < -0.3 is 0 Å². The largest absolute Gasteiger partial charge is 0.274 e. The number of anilines is 6. The Balaban J connectivity index is 1.23. The summed E-state index contributed by atoms with van der Waals surface area (Å²) in [5.41, 5.74) is -4.23. The van der Waals surface area contributed by atoms with Crippen molar-refractivity contribution < 1.29 is 57.5 Å². The smallest absolute Gasteiger partial charge is 0.237 e. The number of fused-ring (bicyclic) bond motifs is 6. The quantitative estimate of drug-likeness (QED) is 0.313. The van der Waals surface area contributed by atoms with Crippen LogP contribution in [0.4, 0.5) is 34.1 Å². The third-order valence-corrected chi connectivity index (χ3v) is 13.9. The van der Waals surface area contributed by atoms with Gasteiger partial charge in [-0.25, -0.2) is 29.4 Å². The zero-order valence-corrected chi connectivity index (χ0v) is 27.8. The van der Waals surface area contributed by atoms with E-state index in [0.717, 1.165) is 0 Å². The van der Waals surface area contributed by atoms with E-state index in [0.29, 0.717) is 29.4 Å². The topological polar surface area (TPSA) is 224 Å². The molecule has 1 aromatic carbocycles. The molecule has 18 heteroatoms. The highest BCUT2D eigenvalue weighted by Crippen LogP contribution is 2.68. The fraction of sp³-hybridized carbons (Fsp3) is 0.500. The summed E-state index contributed by atoms with van der Waals surface area (Å²) in [5.74, 6) is -20.1. The van der Waals surface area contributed by atoms with Gasteiger partial charge in [0, 0.05) is 0 Å². The molecule has 6 heterocycles. The minimum Gasteiger partial charge on any atom is -0.274 e. The van der Waals surface area contributed by atoms with Gasteiger partial charge in [0.05, 0.1) is 71.0 Å². The number of hydrogen-bond acceptors (Lipinski definition) is 12. The van der Waals surface area contributed by atoms with Gasteiger partial charge in [0.15, 0.2) is 0 Å². The SMILES string of the molecule is O=C1C2C[C@@H]2C(=O)N1c1c(N2C(=O)C3C[C@@H]3C2=O)c(N2C(=O)[C@H]3C[C@@H]3C2=O)c(N2C(=O)[C@H]3C[C@@H]3C2=O)c(N2C(=O)[C@H]3C[C@@H]3C2=O)c1N1C(=O)C2C[C@@H]2C1=O. The van der Waals surface area contributed by atoms with Crippen LogP contribution in [0.3, 0.4) is 0 Å². The van der Waals surface area contributed by atoms with Crippen molar-refractivity contribution in [2.75, 3.05) is 29.4 Å². The molecule has 270 valence electrons. The molecule has 6 aliphatic heterocycles. The molecule has 1 aromatic rings. The van der Waals surface area contributed by atoms with Crippen LogP contribution in [0.2, 0.25) is 0 Å². The first-order chi connectivity index (χ1) is 25.8. The average Bonchev–Trinajstić information content (AvgIpc) is 3.95. The van der Waals surface area contributed by atoms with Gasteiger partial charge in [0.2, 0.25) is 70.9 Å². The highest BCUT2D eigenvalue weighted by molar-refractivity contribution is 6.44. The fourth-order valence-electron chi connectivity index (χ4n) is 10.4. The summed E-state index contributed by atoms with van der Waals surface area (Å²) in [4.78, 5) is 174. The average molecular weight is 733 g/mol. The van der Waals surface area contributed by atoms with Crippen LogP contribution >= 0.6 is 0 Å². The summed E-state index contributed by atoms with van der Waals surface area (Å²) in [6, 6.07) is 0. The number of imide groups is 6. The Morgan fingerprint density at radius 2 is 0.296 bits per heavy atom. The standard InChI is InChI=1S/C36H24N6O12/c43-25-7-1-8(7)26(44)37(25)19-20(38-27(45)9-2-10(9)28(38)46)22(40-31(49)13-4-14(13)32(40)50)24(42-35(53)17-6-18(17)36(42)54)23(41-33(51)15-5-16(15)34(41)52)21(19)39-29(47)11-3-12(11)30(39)48/h7-18H,1-6H2/t7-,8-,9-,10-,11-,12-,13-,14?,15-,16?,17-,18?/m0/s1. The first-order valence-corrected chi connectivity index (χ1v) is 18.3. The van der Waals surface area contributed by atoms with Crippen molar-refractivity contribution in [1.29, 1.82) is 0 Å². The molecule has 12 amide bonds. The van der Waals surface area contributed by atoms with E-state index in [1.807, 2.05) is 0 Å². The third kappa shape index (κ3) is 3.09. The van der Waals surface area contributed by atoms with Crippen LogP contribution in [0.1, 0.15) is 38.5 Å². The molecule has 3 unspecified atom stereocenters. The number of carbonyl (C=O) groups excluding carboxylic acids is 12. The number of piperidine rings is 6. The van der Waals surface area contributed by atoms with Crippen LogP contribution in [0.15, 0.2) is 0 Å². The summed E-state index contributed by atoms with van der Waals surface area (Å²) < 4.78 is 0. The maximum absolute atomic E-state index is 14.2. The fourth-order valence-corrected chi connectivity index (χ4v) is 10.4. The Labute approximate surface area is 301 Å². The van der Waals surface area contributed by atoms with Gasteiger partial charge in [-0.05, 0) is 38.5 Å². The Hall–Kier alpha value is -5.94. The van der Waals surface area contributed by atoms with E-state index in [1.54, 1.807) is 0 Å². The van der Waals surface area contributed by atoms with Crippen LogP contribution in [0, 0.1) is 71.0 Å². The van der Waals surface area contributed by atoms with E-state index >= 15 is 0 Å². The van der Waals surface area contributed by atoms with E-state index in [4.69, 9.17) is 0 Å². The molecule has 13 rings (SSSR count). The van der Waals surface area contributed by atoms with Crippen molar-refractivity contribution in [3.05, 3.63) is 0 Å². The minimum absolute atomic E-state index is 0.173. The van der Waals surface area contributed by atoms with E-state index in [-0.39, 0.29) is 38.5 Å². The molecular formula is C36H24N6O12. The molecule has 12 aliphatic rings. The van der Waals surface area contributed by atoms with Crippen molar-refractivity contribution in [2.45, 2.75) is 38.5 Å². The first kappa shape index (κ1) is 29.5. The molecule has 6 aliphatic carbocycles. The van der Waals surface area contributed by atoms with Crippen LogP contribution < -0.4 is 29.4 Å². The second-order valence-corrected chi connectivity index (χ2v) is 16.9. The summed E-state index contributed by atoms with van der Waals surface area (Å²) >= 11 is 0. The lowest BCUT2D eigenvalue weighted by Gasteiger charge is -2.39. The van der Waals surface area contributed by atoms with Gasteiger partial charge in [-0.15, -0.1) is 0 Å². The van der Waals surface area contributed by atoms with Crippen molar-refractivity contribution >= 4 is 105 Å². The highest BCUT2D eigenvalue weighted by Gasteiger charge is 2.70. The summed E-state index contributed by atoms with van der Waals surface area (Å²) in [7, 11) is 0. The van der Waals surface area contributed by atoms with Crippen LogP contribution in [-0.2, 0) is 57.5 Å². The zero-order chi connectivity index (χ0) is 37.0. The van der Waals surface area contributed by atoms with Gasteiger partial charge in [0.25, 0.3) is 0 Å². The Bertz CT molecular complexity index is 1870. The summed E-state index contributed by atoms with van der Waals surface area (Å²) in [6.07, 6.45) is 1.04. The van der Waals surface area contributed by atoms with Gasteiger partial charge >= 0.3 is 0 Å². The summed E-state index contributed by atoms with van der Waals surface area (Å²) in [6.45, 7) is 0. The van der Waals surface area contributed by atoms with Gasteiger partial charge in [0.1, 0.15) is 34.1 Å². The molecule has 6 saturated heterocycles. The van der Waals surface area contributed by atoms with E-state index in [2.05, 4.69) is 0 Å². The minimum atomic E-state index is -0.846. The second-order valence-electron chi connectivity index (χ2n) is 16.9. The number of benzene rings is 1. The van der Waals surface area contributed by atoms with Gasteiger partial charge in [-0.1, -0.05) is 0 Å². The molecule has 0 aromatic heterocycles. The second kappa shape index (κ2) is 8.55. The number of rotatable bonds is 6. The molecule has 0 N–H and O–H groups in total. The van der Waals surface area contributed by atoms with Crippen molar-refractivity contribution in [2.24, 2.45) is 71.0 Å². The van der Waals surface area contributed by atoms with Crippen LogP contribution in [0.25, 0.3) is 0 Å². The lowest BCUT2D eigenvalue weighted by Crippen LogP contribution is -2.46. The molecule has 0 spiro atoms. The highest BCUT2D eigenvalue weighted by atomic mass is 16.2. The van der Waals surface area contributed by atoms with E-state index < -0.39 is 176 Å². The van der Waals surface area contributed by atoms with Crippen LogP contribution in [-0.4, -0.2) is 70.9 Å². The number of hydrogen-bond donors (Lipinski definition) is 0. The first-order valence-electron chi connectivity index (χ1n) is 18.3. The Morgan fingerprint density at radius 1 is 0.204 bits per heavy atom. The van der Waals surface area contributed by atoms with Gasteiger partial charge in [-0.3, -0.25) is 57.5 Å². The van der Waals surface area contributed by atoms with Gasteiger partial charge in [-0.2, -0.15) is 0 Å². The molecule has 18 nitrogen and oxygen atoms in total. The van der Waals surface area contributed by atoms with Crippen molar-refractivity contribution in [1.82, 2.24) is 0 Å².